The maximum absolute atomic E-state index is 11.5. The Balaban J connectivity index is 3.78. The molecule has 3 N–H and O–H groups in total. The summed E-state index contributed by atoms with van der Waals surface area (Å²) < 4.78 is 0. The Morgan fingerprint density at radius 3 is 2.42 bits per heavy atom. The summed E-state index contributed by atoms with van der Waals surface area (Å²) in [6, 6.07) is -0.251. The molecular weight excluding hydrogens is 250 g/mol. The molecule has 110 valence electrons. The van der Waals surface area contributed by atoms with Gasteiger partial charge in [0.05, 0.1) is 6.42 Å². The molecule has 0 aromatic carbocycles. The van der Waals surface area contributed by atoms with E-state index in [-0.39, 0.29) is 43.9 Å². The van der Waals surface area contributed by atoms with Crippen molar-refractivity contribution in [3.05, 3.63) is 0 Å². The van der Waals surface area contributed by atoms with E-state index in [4.69, 9.17) is 5.11 Å². The van der Waals surface area contributed by atoms with E-state index < -0.39 is 5.97 Å². The fraction of sp³-hybridized carbons (Fsp3) is 0.750. The lowest BCUT2D eigenvalue weighted by molar-refractivity contribution is -0.137. The van der Waals surface area contributed by atoms with Gasteiger partial charge in [-0.1, -0.05) is 6.92 Å². The summed E-state index contributed by atoms with van der Waals surface area (Å²) in [5, 5.41) is 13.8. The van der Waals surface area contributed by atoms with E-state index in [0.29, 0.717) is 0 Å². The van der Waals surface area contributed by atoms with E-state index in [1.165, 1.54) is 11.9 Å². The summed E-state index contributed by atoms with van der Waals surface area (Å²) in [5.74, 6) is -1.06. The number of nitrogens with zero attached hydrogens (tertiary/aromatic N) is 1. The van der Waals surface area contributed by atoms with Crippen LogP contribution in [0.4, 0.5) is 4.79 Å². The Morgan fingerprint density at radius 1 is 1.26 bits per heavy atom. The Morgan fingerprint density at radius 2 is 1.89 bits per heavy atom. The summed E-state index contributed by atoms with van der Waals surface area (Å²) in [5.41, 5.74) is 0. The minimum atomic E-state index is -0.951. The van der Waals surface area contributed by atoms with Gasteiger partial charge in [0.15, 0.2) is 0 Å². The third-order valence-electron chi connectivity index (χ3n) is 2.66. The van der Waals surface area contributed by atoms with Gasteiger partial charge in [-0.3, -0.25) is 9.59 Å². The van der Waals surface area contributed by atoms with Crippen LogP contribution < -0.4 is 10.6 Å². The Bertz CT molecular complexity index is 320. The van der Waals surface area contributed by atoms with Crippen LogP contribution in [0.5, 0.6) is 0 Å². The zero-order chi connectivity index (χ0) is 14.8. The molecule has 7 nitrogen and oxygen atoms in total. The zero-order valence-corrected chi connectivity index (χ0v) is 11.7. The molecule has 0 spiro atoms. The standard InChI is InChI=1S/C12H23N3O4/c1-4-9(2)14-10(16)5-7-13-12(19)15(3)8-6-11(17)18/h9H,4-8H2,1-3H3,(H,13,19)(H,14,16)(H,17,18). The van der Waals surface area contributed by atoms with Gasteiger partial charge in [-0.2, -0.15) is 0 Å². The van der Waals surface area contributed by atoms with Crippen molar-refractivity contribution in [3.8, 4) is 0 Å². The van der Waals surface area contributed by atoms with Gasteiger partial charge in [-0.25, -0.2) is 4.79 Å². The molecule has 0 rings (SSSR count). The van der Waals surface area contributed by atoms with Crippen LogP contribution in [0.1, 0.15) is 33.1 Å². The van der Waals surface area contributed by atoms with Crippen molar-refractivity contribution >= 4 is 17.9 Å². The van der Waals surface area contributed by atoms with Crippen LogP contribution in [-0.2, 0) is 9.59 Å². The molecule has 0 aliphatic heterocycles. The van der Waals surface area contributed by atoms with E-state index in [0.717, 1.165) is 6.42 Å². The predicted octanol–water partition coefficient (Wildman–Crippen LogP) is 0.407. The molecule has 1 unspecified atom stereocenters. The molecule has 0 aromatic rings. The molecule has 0 fully saturated rings. The van der Waals surface area contributed by atoms with Crippen LogP contribution in [0, 0.1) is 0 Å². The Labute approximate surface area is 113 Å². The minimum Gasteiger partial charge on any atom is -0.481 e. The van der Waals surface area contributed by atoms with Crippen molar-refractivity contribution < 1.29 is 19.5 Å². The number of carboxylic acid groups (broad SMARTS) is 1. The highest BCUT2D eigenvalue weighted by Crippen LogP contribution is 1.91. The molecule has 0 aliphatic carbocycles. The average Bonchev–Trinajstić information content (AvgIpc) is 2.35. The van der Waals surface area contributed by atoms with Crippen molar-refractivity contribution in [1.82, 2.24) is 15.5 Å². The summed E-state index contributed by atoms with van der Waals surface area (Å²) >= 11 is 0. The third kappa shape index (κ3) is 8.87. The highest BCUT2D eigenvalue weighted by molar-refractivity contribution is 5.78. The molecule has 0 saturated carbocycles. The van der Waals surface area contributed by atoms with Crippen LogP contribution >= 0.6 is 0 Å². The molecule has 3 amide bonds. The first-order chi connectivity index (χ1) is 8.86. The Hall–Kier alpha value is -1.79. The predicted molar refractivity (Wildman–Crippen MR) is 70.8 cm³/mol. The number of amides is 3. The van der Waals surface area contributed by atoms with Crippen LogP contribution in [0.25, 0.3) is 0 Å². The number of carbonyl (C=O) groups is 3. The van der Waals surface area contributed by atoms with Gasteiger partial charge in [0.2, 0.25) is 5.91 Å². The number of rotatable bonds is 8. The molecular formula is C12H23N3O4. The number of urea groups is 1. The molecule has 0 saturated heterocycles. The van der Waals surface area contributed by atoms with E-state index in [2.05, 4.69) is 10.6 Å². The number of hydrogen-bond donors (Lipinski definition) is 3. The second-order valence-electron chi connectivity index (χ2n) is 4.42. The van der Waals surface area contributed by atoms with Crippen molar-refractivity contribution in [1.29, 1.82) is 0 Å². The van der Waals surface area contributed by atoms with Gasteiger partial charge in [-0.05, 0) is 13.3 Å². The van der Waals surface area contributed by atoms with E-state index in [1.807, 2.05) is 13.8 Å². The second kappa shape index (κ2) is 9.18. The number of carboxylic acids is 1. The lowest BCUT2D eigenvalue weighted by Crippen LogP contribution is -2.40. The van der Waals surface area contributed by atoms with Crippen LogP contribution in [-0.4, -0.2) is 54.1 Å². The highest BCUT2D eigenvalue weighted by atomic mass is 16.4. The summed E-state index contributed by atoms with van der Waals surface area (Å²) in [6.07, 6.45) is 0.970. The van der Waals surface area contributed by atoms with Crippen molar-refractivity contribution in [2.45, 2.75) is 39.2 Å². The number of aliphatic carboxylic acids is 1. The van der Waals surface area contributed by atoms with E-state index in [1.54, 1.807) is 0 Å². The molecule has 0 heterocycles. The molecule has 19 heavy (non-hydrogen) atoms. The van der Waals surface area contributed by atoms with Gasteiger partial charge in [0, 0.05) is 32.6 Å². The molecule has 0 radical (unpaired) electrons. The molecule has 0 aliphatic rings. The lowest BCUT2D eigenvalue weighted by atomic mass is 10.2. The van der Waals surface area contributed by atoms with Gasteiger partial charge < -0.3 is 20.6 Å². The maximum atomic E-state index is 11.5. The van der Waals surface area contributed by atoms with Crippen LogP contribution in [0.2, 0.25) is 0 Å². The largest absolute Gasteiger partial charge is 0.481 e. The van der Waals surface area contributed by atoms with Crippen LogP contribution in [0.15, 0.2) is 0 Å². The topological polar surface area (TPSA) is 98.7 Å². The highest BCUT2D eigenvalue weighted by Gasteiger charge is 2.10. The molecule has 0 aromatic heterocycles. The van der Waals surface area contributed by atoms with E-state index in [9.17, 15) is 14.4 Å². The lowest BCUT2D eigenvalue weighted by Gasteiger charge is -2.17. The number of hydrogen-bond acceptors (Lipinski definition) is 3. The van der Waals surface area contributed by atoms with Gasteiger partial charge >= 0.3 is 12.0 Å². The smallest absolute Gasteiger partial charge is 0.317 e. The Kier molecular flexibility index (Phi) is 8.32. The first kappa shape index (κ1) is 17.2. The second-order valence-corrected chi connectivity index (χ2v) is 4.42. The molecule has 0 bridgehead atoms. The number of carbonyl (C=O) groups excluding carboxylic acids is 2. The van der Waals surface area contributed by atoms with Crippen molar-refractivity contribution in [3.63, 3.8) is 0 Å². The monoisotopic (exact) mass is 273 g/mol. The molecule has 1 atom stereocenters. The van der Waals surface area contributed by atoms with Gasteiger partial charge in [0.1, 0.15) is 0 Å². The summed E-state index contributed by atoms with van der Waals surface area (Å²) in [4.78, 5) is 34.6. The first-order valence-electron chi connectivity index (χ1n) is 6.37. The summed E-state index contributed by atoms with van der Waals surface area (Å²) in [7, 11) is 1.51. The quantitative estimate of drug-likeness (QED) is 0.596. The SMILES string of the molecule is CCC(C)NC(=O)CCNC(=O)N(C)CCC(=O)O. The summed E-state index contributed by atoms with van der Waals surface area (Å²) in [6.45, 7) is 4.26. The van der Waals surface area contributed by atoms with Gasteiger partial charge in [0.25, 0.3) is 0 Å². The average molecular weight is 273 g/mol. The fourth-order valence-corrected chi connectivity index (χ4v) is 1.23. The third-order valence-corrected chi connectivity index (χ3v) is 2.66. The van der Waals surface area contributed by atoms with Crippen molar-refractivity contribution in [2.75, 3.05) is 20.1 Å². The fourth-order valence-electron chi connectivity index (χ4n) is 1.23. The zero-order valence-electron chi connectivity index (χ0n) is 11.7. The van der Waals surface area contributed by atoms with E-state index >= 15 is 0 Å². The minimum absolute atomic E-state index is 0.0988. The normalized spacial score (nSPS) is 11.5. The first-order valence-corrected chi connectivity index (χ1v) is 6.37. The van der Waals surface area contributed by atoms with Gasteiger partial charge in [-0.15, -0.1) is 0 Å². The van der Waals surface area contributed by atoms with Crippen molar-refractivity contribution in [2.24, 2.45) is 0 Å². The molecule has 7 heteroatoms. The maximum Gasteiger partial charge on any atom is 0.317 e. The van der Waals surface area contributed by atoms with Crippen LogP contribution in [0.3, 0.4) is 0 Å². The number of nitrogens with one attached hydrogen (secondary N) is 2.